The number of unbranched alkanes of at least 4 members (excludes halogenated alkanes) is 2. The fourth-order valence-electron chi connectivity index (χ4n) is 1.66. The summed E-state index contributed by atoms with van der Waals surface area (Å²) in [5.41, 5.74) is 0. The molecule has 12 heteroatoms. The lowest BCUT2D eigenvalue weighted by molar-refractivity contribution is -0.861. The third-order valence-corrected chi connectivity index (χ3v) is 6.96. The van der Waals surface area contributed by atoms with Gasteiger partial charge in [0, 0.05) is 6.42 Å². The lowest BCUT2D eigenvalue weighted by atomic mass is 10.2. The second-order valence-corrected chi connectivity index (χ2v) is 9.07. The molecule has 1 unspecified atom stereocenters. The molecular weight excluding hydrogens is 347 g/mol. The molecule has 0 aromatic heterocycles. The summed E-state index contributed by atoms with van der Waals surface area (Å²) in [5, 5.41) is 18.1. The first kappa shape index (κ1) is 23.7. The van der Waals surface area contributed by atoms with Crippen LogP contribution in [-0.2, 0) is 9.13 Å². The van der Waals surface area contributed by atoms with E-state index in [2.05, 4.69) is 0 Å². The highest BCUT2D eigenvalue weighted by Gasteiger charge is 2.59. The predicted molar refractivity (Wildman–Crippen MR) is 79.7 cm³/mol. The Bertz CT molecular complexity index is 385. The number of halogens is 1. The summed E-state index contributed by atoms with van der Waals surface area (Å²) in [4.78, 5) is 35.8. The molecule has 5 N–H and O–H groups in total. The van der Waals surface area contributed by atoms with E-state index in [0.29, 0.717) is 6.42 Å². The normalized spacial score (nSPS) is 16.2. The van der Waals surface area contributed by atoms with Gasteiger partial charge >= 0.3 is 15.2 Å². The molecule has 0 radical (unpaired) electrons. The number of quaternary nitrogens is 1. The van der Waals surface area contributed by atoms with Crippen molar-refractivity contribution in [3.8, 4) is 0 Å². The first-order chi connectivity index (χ1) is 8.77. The highest BCUT2D eigenvalue weighted by Crippen LogP contribution is 2.68. The molecule has 0 heterocycles. The molecule has 1 atom stereocenters. The van der Waals surface area contributed by atoms with Crippen LogP contribution in [0.2, 0.25) is 0 Å². The van der Waals surface area contributed by atoms with E-state index >= 15 is 0 Å². The molecular formula is C9H24ClNO8P2. The summed E-state index contributed by atoms with van der Waals surface area (Å²) in [6.07, 6.45) is 1.29. The van der Waals surface area contributed by atoms with Gasteiger partial charge in [0.05, 0.1) is 20.1 Å². The van der Waals surface area contributed by atoms with Crippen molar-refractivity contribution in [3.63, 3.8) is 0 Å². The molecule has 0 fully saturated rings. The number of hydrogen-bond donors (Lipinski definition) is 5. The average molecular weight is 372 g/mol. The zero-order valence-corrected chi connectivity index (χ0v) is 14.6. The van der Waals surface area contributed by atoms with E-state index in [1.165, 1.54) is 7.05 Å². The van der Waals surface area contributed by atoms with Gasteiger partial charge in [-0.3, -0.25) is 9.13 Å². The van der Waals surface area contributed by atoms with E-state index in [-0.39, 0.29) is 19.0 Å². The van der Waals surface area contributed by atoms with Crippen LogP contribution >= 0.6 is 27.6 Å². The van der Waals surface area contributed by atoms with Gasteiger partial charge in [0.15, 0.2) is 0 Å². The minimum atomic E-state index is -5.48. The Kier molecular flexibility index (Phi) is 9.45. The molecule has 21 heavy (non-hydrogen) atoms. The van der Waals surface area contributed by atoms with E-state index in [9.17, 15) is 19.4 Å². The van der Waals surface area contributed by atoms with E-state index in [4.69, 9.17) is 19.6 Å². The average Bonchev–Trinajstić information content (AvgIpc) is 2.23. The number of hydroxylamine groups is 3. The van der Waals surface area contributed by atoms with Gasteiger partial charge in [0.2, 0.25) is 0 Å². The number of aliphatic hydroxyl groups is 1. The van der Waals surface area contributed by atoms with Crippen molar-refractivity contribution < 1.29 is 38.5 Å². The van der Waals surface area contributed by atoms with Gasteiger partial charge in [0.1, 0.15) is 0 Å². The standard InChI is InChI=1S/C9H23NO8P2.ClH/c1-3-4-5-7-10(2,12)8-6-9(11,19(13,14)15)20(16,17)18;/h11H,3-8H2,1-2H3,(H2,13,14,15)(H2,16,17,18);1H. The van der Waals surface area contributed by atoms with Crippen molar-refractivity contribution >= 4 is 27.6 Å². The van der Waals surface area contributed by atoms with E-state index in [0.717, 1.165) is 12.8 Å². The summed E-state index contributed by atoms with van der Waals surface area (Å²) in [6.45, 7) is 1.58. The van der Waals surface area contributed by atoms with Crippen LogP contribution < -0.4 is 0 Å². The smallest absolute Gasteiger partial charge is 0.369 e. The largest absolute Gasteiger partial charge is 0.633 e. The highest BCUT2D eigenvalue weighted by atomic mass is 35.5. The molecule has 130 valence electrons. The van der Waals surface area contributed by atoms with Crippen molar-refractivity contribution in [2.24, 2.45) is 0 Å². The van der Waals surface area contributed by atoms with Gasteiger partial charge in [-0.05, 0) is 12.8 Å². The molecule has 0 aromatic rings. The number of nitrogens with zero attached hydrogens (tertiary/aromatic N) is 1. The van der Waals surface area contributed by atoms with E-state index in [1.807, 2.05) is 6.92 Å². The van der Waals surface area contributed by atoms with Gasteiger partial charge < -0.3 is 34.5 Å². The Labute approximate surface area is 129 Å². The summed E-state index contributed by atoms with van der Waals surface area (Å²) >= 11 is 0. The van der Waals surface area contributed by atoms with E-state index in [1.54, 1.807) is 0 Å². The topological polar surface area (TPSA) is 158 Å². The Morgan fingerprint density at radius 3 is 1.81 bits per heavy atom. The number of rotatable bonds is 9. The van der Waals surface area contributed by atoms with Crippen molar-refractivity contribution in [2.75, 3.05) is 20.1 Å². The van der Waals surface area contributed by atoms with Crippen LogP contribution in [0.1, 0.15) is 32.6 Å². The first-order valence-electron chi connectivity index (χ1n) is 6.16. The quantitative estimate of drug-likeness (QED) is 0.173. The molecule has 0 saturated heterocycles. The van der Waals surface area contributed by atoms with Crippen molar-refractivity contribution in [3.05, 3.63) is 5.21 Å². The maximum Gasteiger partial charge on any atom is 0.369 e. The SMILES string of the molecule is CCCCC[N+](C)([O-])CCC(O)(P(=O)(O)O)P(=O)(O)O.Cl. The summed E-state index contributed by atoms with van der Waals surface area (Å²) in [5.74, 6) is 0. The van der Waals surface area contributed by atoms with Crippen LogP contribution in [0, 0.1) is 5.21 Å². The van der Waals surface area contributed by atoms with Crippen LogP contribution in [0.15, 0.2) is 0 Å². The lowest BCUT2D eigenvalue weighted by Gasteiger charge is -2.41. The first-order valence-corrected chi connectivity index (χ1v) is 9.38. The Morgan fingerprint density at radius 2 is 1.48 bits per heavy atom. The minimum absolute atomic E-state index is 0. The van der Waals surface area contributed by atoms with Gasteiger partial charge in [-0.1, -0.05) is 13.3 Å². The summed E-state index contributed by atoms with van der Waals surface area (Å²) < 4.78 is 21.3. The molecule has 0 rings (SSSR count). The van der Waals surface area contributed by atoms with Crippen LogP contribution in [0.5, 0.6) is 0 Å². The molecule has 0 saturated carbocycles. The van der Waals surface area contributed by atoms with Gasteiger partial charge in [-0.25, -0.2) is 0 Å². The Balaban J connectivity index is 0. The Morgan fingerprint density at radius 1 is 1.05 bits per heavy atom. The molecule has 0 amide bonds. The van der Waals surface area contributed by atoms with Gasteiger partial charge in [0.25, 0.3) is 5.08 Å². The third-order valence-electron chi connectivity index (χ3n) is 3.09. The van der Waals surface area contributed by atoms with Crippen molar-refractivity contribution in [1.82, 2.24) is 0 Å². The minimum Gasteiger partial charge on any atom is -0.633 e. The third kappa shape index (κ3) is 7.05. The van der Waals surface area contributed by atoms with Gasteiger partial charge in [-0.2, -0.15) is 0 Å². The summed E-state index contributed by atoms with van der Waals surface area (Å²) in [6, 6.07) is 0. The Hall–Kier alpha value is 0.470. The molecule has 0 aliphatic carbocycles. The lowest BCUT2D eigenvalue weighted by Crippen LogP contribution is -2.43. The zero-order valence-electron chi connectivity index (χ0n) is 12.0. The fraction of sp³-hybridized carbons (Fsp3) is 1.00. The monoisotopic (exact) mass is 371 g/mol. The summed E-state index contributed by atoms with van der Waals surface area (Å²) in [7, 11) is -9.74. The number of hydrogen-bond acceptors (Lipinski definition) is 4. The molecule has 0 aliphatic rings. The molecule has 0 aliphatic heterocycles. The molecule has 9 nitrogen and oxygen atoms in total. The van der Waals surface area contributed by atoms with E-state index < -0.39 is 37.9 Å². The van der Waals surface area contributed by atoms with Crippen LogP contribution in [0.4, 0.5) is 0 Å². The maximum atomic E-state index is 12.0. The molecule has 0 bridgehead atoms. The predicted octanol–water partition coefficient (Wildman–Crippen LogP) is 0.934. The van der Waals surface area contributed by atoms with Crippen LogP contribution in [0.3, 0.4) is 0 Å². The van der Waals surface area contributed by atoms with Crippen LogP contribution in [-0.4, -0.2) is 54.5 Å². The van der Waals surface area contributed by atoms with Gasteiger partial charge in [-0.15, -0.1) is 12.4 Å². The highest BCUT2D eigenvalue weighted by molar-refractivity contribution is 7.72. The molecule has 0 aromatic carbocycles. The van der Waals surface area contributed by atoms with Crippen molar-refractivity contribution in [1.29, 1.82) is 0 Å². The second kappa shape index (κ2) is 8.36. The second-order valence-electron chi connectivity index (χ2n) is 5.06. The van der Waals surface area contributed by atoms with Crippen molar-refractivity contribution in [2.45, 2.75) is 37.7 Å². The maximum absolute atomic E-state index is 12.0. The fourth-order valence-corrected chi connectivity index (χ4v) is 3.80. The molecule has 0 spiro atoms. The zero-order chi connectivity index (χ0) is 16.2. The van der Waals surface area contributed by atoms with Crippen LogP contribution in [0.25, 0.3) is 0 Å².